The third-order valence-electron chi connectivity index (χ3n) is 4.58. The third-order valence-corrected chi connectivity index (χ3v) is 5.61. The van der Waals surface area contributed by atoms with Gasteiger partial charge in [-0.3, -0.25) is 4.79 Å². The topological polar surface area (TPSA) is 74.7 Å². The summed E-state index contributed by atoms with van der Waals surface area (Å²) in [6.45, 7) is 0.370. The average molecular weight is 401 g/mol. The van der Waals surface area contributed by atoms with Gasteiger partial charge in [-0.25, -0.2) is 8.42 Å². The molecule has 1 saturated heterocycles. The van der Waals surface area contributed by atoms with E-state index in [0.29, 0.717) is 32.2 Å². The first-order valence-electron chi connectivity index (χ1n) is 8.88. The van der Waals surface area contributed by atoms with Crippen molar-refractivity contribution in [1.29, 1.82) is 0 Å². The lowest BCUT2D eigenvalue weighted by Gasteiger charge is -2.24. The third kappa shape index (κ3) is 6.10. The van der Waals surface area contributed by atoms with Crippen LogP contribution in [0, 0.1) is 0 Å². The zero-order valence-corrected chi connectivity index (χ0v) is 16.0. The molecule has 2 rings (SSSR count). The Hall–Kier alpha value is -1.80. The second-order valence-electron chi connectivity index (χ2n) is 6.85. The van der Waals surface area contributed by atoms with Crippen LogP contribution < -0.4 is 0 Å². The standard InChI is InChI=1S/C19H25F2NO4S/c1-27(25,26)14-6-5-13-22-16(10-12-18(22)24)9-11-17(23)19(20,21)15-7-3-2-4-8-15/h2-4,7-9,11,16-17,23H,5-6,10,12-14H2,1H3/t16-,17+/m0/s1. The molecule has 27 heavy (non-hydrogen) atoms. The second kappa shape index (κ2) is 8.93. The molecular formula is C19H25F2NO4S. The van der Waals surface area contributed by atoms with E-state index < -0.39 is 21.9 Å². The molecule has 2 atom stereocenters. The molecule has 5 nitrogen and oxygen atoms in total. The summed E-state index contributed by atoms with van der Waals surface area (Å²) in [7, 11) is -3.04. The fourth-order valence-corrected chi connectivity index (χ4v) is 3.81. The molecule has 0 aliphatic carbocycles. The number of sulfone groups is 1. The van der Waals surface area contributed by atoms with Crippen LogP contribution in [0.5, 0.6) is 0 Å². The van der Waals surface area contributed by atoms with Crippen LogP contribution >= 0.6 is 0 Å². The number of likely N-dealkylation sites (tertiary alicyclic amines) is 1. The molecule has 1 aliphatic rings. The van der Waals surface area contributed by atoms with Crippen LogP contribution in [-0.4, -0.2) is 55.0 Å². The molecule has 0 saturated carbocycles. The van der Waals surface area contributed by atoms with E-state index in [1.807, 2.05) is 0 Å². The van der Waals surface area contributed by atoms with Crippen molar-refractivity contribution in [2.24, 2.45) is 0 Å². The minimum atomic E-state index is -3.43. The monoisotopic (exact) mass is 401 g/mol. The summed E-state index contributed by atoms with van der Waals surface area (Å²) in [4.78, 5) is 13.6. The Balaban J connectivity index is 1.96. The lowest BCUT2D eigenvalue weighted by molar-refractivity contribution is -0.128. The van der Waals surface area contributed by atoms with Gasteiger partial charge in [-0.2, -0.15) is 8.78 Å². The van der Waals surface area contributed by atoms with Crippen LogP contribution in [0.4, 0.5) is 8.78 Å². The van der Waals surface area contributed by atoms with Crippen LogP contribution in [0.3, 0.4) is 0 Å². The summed E-state index contributed by atoms with van der Waals surface area (Å²) < 4.78 is 50.9. The van der Waals surface area contributed by atoms with Crippen LogP contribution in [0.1, 0.15) is 31.2 Å². The maximum atomic E-state index is 14.3. The van der Waals surface area contributed by atoms with Gasteiger partial charge in [-0.15, -0.1) is 0 Å². The number of amides is 1. The highest BCUT2D eigenvalue weighted by Gasteiger charge is 2.39. The Kier molecular flexibility index (Phi) is 7.11. The molecule has 0 spiro atoms. The van der Waals surface area contributed by atoms with Gasteiger partial charge in [-0.05, 0) is 19.3 Å². The van der Waals surface area contributed by atoms with Crippen molar-refractivity contribution in [3.63, 3.8) is 0 Å². The van der Waals surface area contributed by atoms with Gasteiger partial charge in [-0.1, -0.05) is 42.5 Å². The number of alkyl halides is 2. The van der Waals surface area contributed by atoms with Crippen LogP contribution in [0.15, 0.2) is 42.5 Å². The maximum absolute atomic E-state index is 14.3. The molecule has 1 aliphatic heterocycles. The molecule has 8 heteroatoms. The van der Waals surface area contributed by atoms with E-state index in [2.05, 4.69) is 0 Å². The Bertz CT molecular complexity index is 765. The highest BCUT2D eigenvalue weighted by atomic mass is 32.2. The predicted molar refractivity (Wildman–Crippen MR) is 99.2 cm³/mol. The van der Waals surface area contributed by atoms with Gasteiger partial charge in [0, 0.05) is 30.5 Å². The second-order valence-corrected chi connectivity index (χ2v) is 9.11. The molecule has 0 aromatic heterocycles. The highest BCUT2D eigenvalue weighted by molar-refractivity contribution is 7.90. The van der Waals surface area contributed by atoms with Crippen molar-refractivity contribution in [1.82, 2.24) is 4.90 Å². The molecule has 0 unspecified atom stereocenters. The normalized spacial score (nSPS) is 19.8. The number of carbonyl (C=O) groups is 1. The fourth-order valence-electron chi connectivity index (χ4n) is 3.08. The van der Waals surface area contributed by atoms with E-state index in [-0.39, 0.29) is 23.3 Å². The first-order chi connectivity index (χ1) is 12.6. The Labute approximate surface area is 158 Å². The van der Waals surface area contributed by atoms with Crippen molar-refractivity contribution in [3.8, 4) is 0 Å². The van der Waals surface area contributed by atoms with Crippen LogP contribution in [-0.2, 0) is 20.6 Å². The van der Waals surface area contributed by atoms with E-state index in [0.717, 1.165) is 12.3 Å². The van der Waals surface area contributed by atoms with Crippen molar-refractivity contribution in [2.75, 3.05) is 18.6 Å². The number of nitrogens with zero attached hydrogens (tertiary/aromatic N) is 1. The molecule has 1 fully saturated rings. The van der Waals surface area contributed by atoms with Gasteiger partial charge < -0.3 is 10.0 Å². The quantitative estimate of drug-likeness (QED) is 0.510. The molecular weight excluding hydrogens is 376 g/mol. The number of halogens is 2. The number of hydrogen-bond acceptors (Lipinski definition) is 4. The summed E-state index contributed by atoms with van der Waals surface area (Å²) in [6, 6.07) is 6.72. The number of carbonyl (C=O) groups excluding carboxylic acids is 1. The van der Waals surface area contributed by atoms with Crippen molar-refractivity contribution in [2.45, 2.75) is 43.8 Å². The van der Waals surface area contributed by atoms with E-state index in [9.17, 15) is 27.1 Å². The van der Waals surface area contributed by atoms with Gasteiger partial charge in [0.25, 0.3) is 0 Å². The Morgan fingerprint density at radius 3 is 2.59 bits per heavy atom. The number of benzene rings is 1. The van der Waals surface area contributed by atoms with E-state index in [4.69, 9.17) is 0 Å². The number of unbranched alkanes of at least 4 members (excludes halogenated alkanes) is 1. The number of rotatable bonds is 9. The highest BCUT2D eigenvalue weighted by Crippen LogP contribution is 2.32. The minimum absolute atomic E-state index is 0.0531. The fraction of sp³-hybridized carbons (Fsp3) is 0.526. The smallest absolute Gasteiger partial charge is 0.302 e. The predicted octanol–water partition coefficient (Wildman–Crippen LogP) is 2.51. The zero-order valence-electron chi connectivity index (χ0n) is 15.2. The maximum Gasteiger partial charge on any atom is 0.302 e. The first kappa shape index (κ1) is 21.5. The number of aliphatic hydroxyl groups is 1. The summed E-state index contributed by atoms with van der Waals surface area (Å²) in [5.41, 5.74) is -0.276. The summed E-state index contributed by atoms with van der Waals surface area (Å²) in [6.07, 6.45) is 3.41. The summed E-state index contributed by atoms with van der Waals surface area (Å²) >= 11 is 0. The van der Waals surface area contributed by atoms with Crippen molar-refractivity contribution < 1.29 is 27.1 Å². The number of hydrogen-bond donors (Lipinski definition) is 1. The molecule has 1 heterocycles. The van der Waals surface area contributed by atoms with Crippen molar-refractivity contribution >= 4 is 15.7 Å². The Morgan fingerprint density at radius 1 is 1.30 bits per heavy atom. The molecule has 1 aromatic rings. The van der Waals surface area contributed by atoms with Crippen LogP contribution in [0.25, 0.3) is 0 Å². The zero-order chi connectivity index (χ0) is 20.1. The summed E-state index contributed by atoms with van der Waals surface area (Å²) in [5.74, 6) is -3.47. The first-order valence-corrected chi connectivity index (χ1v) is 10.9. The van der Waals surface area contributed by atoms with Crippen molar-refractivity contribution in [3.05, 3.63) is 48.0 Å². The molecule has 0 radical (unpaired) electrons. The number of aliphatic hydroxyl groups excluding tert-OH is 1. The van der Waals surface area contributed by atoms with Gasteiger partial charge in [0.05, 0.1) is 6.04 Å². The van der Waals surface area contributed by atoms with Crippen LogP contribution in [0.2, 0.25) is 0 Å². The van der Waals surface area contributed by atoms with Gasteiger partial charge in [0.2, 0.25) is 5.91 Å². The molecule has 1 N–H and O–H groups in total. The molecule has 150 valence electrons. The minimum Gasteiger partial charge on any atom is -0.382 e. The molecule has 1 aromatic carbocycles. The van der Waals surface area contributed by atoms with E-state index >= 15 is 0 Å². The lowest BCUT2D eigenvalue weighted by Crippen LogP contribution is -2.34. The van der Waals surface area contributed by atoms with Gasteiger partial charge in [0.1, 0.15) is 15.9 Å². The lowest BCUT2D eigenvalue weighted by atomic mass is 10.0. The average Bonchev–Trinajstić information content (AvgIpc) is 2.96. The SMILES string of the molecule is CS(=O)(=O)CCCCN1C(=O)CC[C@@H]1C=C[C@@H](O)C(F)(F)c1ccccc1. The molecule has 0 bridgehead atoms. The van der Waals surface area contributed by atoms with E-state index in [1.165, 1.54) is 30.3 Å². The van der Waals surface area contributed by atoms with E-state index in [1.54, 1.807) is 11.0 Å². The van der Waals surface area contributed by atoms with Gasteiger partial charge >= 0.3 is 5.92 Å². The largest absolute Gasteiger partial charge is 0.382 e. The Morgan fingerprint density at radius 2 is 1.96 bits per heavy atom. The summed E-state index contributed by atoms with van der Waals surface area (Å²) in [5, 5.41) is 9.94. The molecule has 1 amide bonds. The van der Waals surface area contributed by atoms with Gasteiger partial charge in [0.15, 0.2) is 0 Å².